The third kappa shape index (κ3) is 4.09. The topological polar surface area (TPSA) is 111 Å². The minimum atomic E-state index is -0.918. The summed E-state index contributed by atoms with van der Waals surface area (Å²) in [5.74, 6) is 0.174. The zero-order valence-corrected chi connectivity index (χ0v) is 11.3. The third-order valence-corrected chi connectivity index (χ3v) is 2.98. The molecule has 2 aromatic rings. The lowest BCUT2D eigenvalue weighted by Gasteiger charge is -2.16. The van der Waals surface area contributed by atoms with Crippen LogP contribution in [-0.4, -0.2) is 28.0 Å². The van der Waals surface area contributed by atoms with Gasteiger partial charge in [-0.05, 0) is 42.0 Å². The van der Waals surface area contributed by atoms with Crippen LogP contribution >= 0.6 is 0 Å². The molecule has 5 N–H and O–H groups in total. The summed E-state index contributed by atoms with van der Waals surface area (Å²) in [6.45, 7) is -0.288. The standard InChI is InChI=1S/C15H17N3O3/c16-14(9-19)15(21)10-1-3-11(4-2-10)17-18-12-5-7-13(20)8-6-12/h1-8,14-15,19-21H,9,16H2. The quantitative estimate of drug-likeness (QED) is 0.631. The first-order chi connectivity index (χ1) is 10.1. The number of nitrogens with two attached hydrogens (primary N) is 1. The minimum Gasteiger partial charge on any atom is -0.508 e. The molecule has 0 saturated heterocycles. The predicted molar refractivity (Wildman–Crippen MR) is 78.7 cm³/mol. The Labute approximate surface area is 122 Å². The van der Waals surface area contributed by atoms with Crippen LogP contribution in [0.3, 0.4) is 0 Å². The van der Waals surface area contributed by atoms with Crippen molar-refractivity contribution >= 4 is 11.4 Å². The maximum absolute atomic E-state index is 9.85. The van der Waals surface area contributed by atoms with Crippen molar-refractivity contribution in [3.05, 3.63) is 54.1 Å². The summed E-state index contributed by atoms with van der Waals surface area (Å²) in [7, 11) is 0. The Bertz CT molecular complexity index is 597. The van der Waals surface area contributed by atoms with E-state index < -0.39 is 12.1 Å². The van der Waals surface area contributed by atoms with Gasteiger partial charge in [-0.15, -0.1) is 0 Å². The Hall–Kier alpha value is -2.28. The van der Waals surface area contributed by atoms with Crippen molar-refractivity contribution in [3.8, 4) is 5.75 Å². The van der Waals surface area contributed by atoms with E-state index in [2.05, 4.69) is 10.2 Å². The molecule has 2 atom stereocenters. The maximum Gasteiger partial charge on any atom is 0.115 e. The lowest BCUT2D eigenvalue weighted by molar-refractivity contribution is 0.109. The SMILES string of the molecule is NC(CO)C(O)c1ccc(N=Nc2ccc(O)cc2)cc1. The minimum absolute atomic E-state index is 0.174. The van der Waals surface area contributed by atoms with E-state index in [1.54, 1.807) is 36.4 Å². The number of azo groups is 1. The number of phenols is 1. The molecule has 6 nitrogen and oxygen atoms in total. The summed E-state index contributed by atoms with van der Waals surface area (Å²) >= 11 is 0. The van der Waals surface area contributed by atoms with Gasteiger partial charge in [0.05, 0.1) is 30.1 Å². The predicted octanol–water partition coefficient (Wildman–Crippen LogP) is 2.16. The van der Waals surface area contributed by atoms with Gasteiger partial charge in [-0.1, -0.05) is 12.1 Å². The highest BCUT2D eigenvalue weighted by atomic mass is 16.3. The number of rotatable bonds is 5. The molecule has 2 unspecified atom stereocenters. The van der Waals surface area contributed by atoms with Crippen LogP contribution in [0, 0.1) is 0 Å². The van der Waals surface area contributed by atoms with Gasteiger partial charge in [0.1, 0.15) is 5.75 Å². The van der Waals surface area contributed by atoms with E-state index in [9.17, 15) is 5.11 Å². The van der Waals surface area contributed by atoms with Crippen LogP contribution in [-0.2, 0) is 0 Å². The number of aromatic hydroxyl groups is 1. The van der Waals surface area contributed by atoms with E-state index in [4.69, 9.17) is 15.9 Å². The van der Waals surface area contributed by atoms with Crippen molar-refractivity contribution in [3.63, 3.8) is 0 Å². The summed E-state index contributed by atoms with van der Waals surface area (Å²) in [6.07, 6.45) is -0.918. The Kier molecular flexibility index (Phi) is 4.99. The van der Waals surface area contributed by atoms with Crippen LogP contribution in [0.15, 0.2) is 58.8 Å². The molecule has 0 aliphatic heterocycles. The van der Waals surface area contributed by atoms with E-state index in [0.29, 0.717) is 16.9 Å². The first kappa shape index (κ1) is 15.1. The number of hydrogen-bond acceptors (Lipinski definition) is 6. The first-order valence-corrected chi connectivity index (χ1v) is 6.45. The van der Waals surface area contributed by atoms with Crippen LogP contribution in [0.2, 0.25) is 0 Å². The fourth-order valence-electron chi connectivity index (χ4n) is 1.72. The van der Waals surface area contributed by atoms with E-state index in [1.165, 1.54) is 12.1 Å². The van der Waals surface area contributed by atoms with Gasteiger partial charge in [0.15, 0.2) is 0 Å². The van der Waals surface area contributed by atoms with Gasteiger partial charge in [-0.25, -0.2) is 0 Å². The molecular weight excluding hydrogens is 270 g/mol. The molecule has 0 aliphatic rings. The van der Waals surface area contributed by atoms with Gasteiger partial charge in [-0.3, -0.25) is 0 Å². The molecule has 0 amide bonds. The number of aliphatic hydroxyl groups is 2. The molecule has 0 saturated carbocycles. The van der Waals surface area contributed by atoms with E-state index in [1.807, 2.05) is 0 Å². The average Bonchev–Trinajstić information content (AvgIpc) is 2.53. The molecule has 6 heteroatoms. The maximum atomic E-state index is 9.85. The summed E-state index contributed by atoms with van der Waals surface area (Å²) in [5, 5.41) is 36.0. The van der Waals surface area contributed by atoms with Crippen molar-refractivity contribution in [2.45, 2.75) is 12.1 Å². The van der Waals surface area contributed by atoms with E-state index >= 15 is 0 Å². The molecular formula is C15H17N3O3. The van der Waals surface area contributed by atoms with Crippen molar-refractivity contribution in [1.29, 1.82) is 0 Å². The Morgan fingerprint density at radius 2 is 1.38 bits per heavy atom. The number of benzene rings is 2. The fourth-order valence-corrected chi connectivity index (χ4v) is 1.72. The van der Waals surface area contributed by atoms with Crippen LogP contribution in [0.4, 0.5) is 11.4 Å². The lowest BCUT2D eigenvalue weighted by Crippen LogP contribution is -2.31. The highest BCUT2D eigenvalue weighted by Gasteiger charge is 2.15. The second kappa shape index (κ2) is 6.94. The molecule has 2 aromatic carbocycles. The molecule has 0 aromatic heterocycles. The Balaban J connectivity index is 2.07. The largest absolute Gasteiger partial charge is 0.508 e. The molecule has 0 bridgehead atoms. The van der Waals surface area contributed by atoms with Crippen LogP contribution < -0.4 is 5.73 Å². The van der Waals surface area contributed by atoms with Gasteiger partial charge in [0, 0.05) is 0 Å². The molecule has 110 valence electrons. The lowest BCUT2D eigenvalue weighted by atomic mass is 10.0. The van der Waals surface area contributed by atoms with Crippen molar-refractivity contribution in [2.75, 3.05) is 6.61 Å². The van der Waals surface area contributed by atoms with Gasteiger partial charge in [-0.2, -0.15) is 10.2 Å². The van der Waals surface area contributed by atoms with Crippen molar-refractivity contribution in [2.24, 2.45) is 16.0 Å². The van der Waals surface area contributed by atoms with Crippen molar-refractivity contribution in [1.82, 2.24) is 0 Å². The van der Waals surface area contributed by atoms with Gasteiger partial charge >= 0.3 is 0 Å². The summed E-state index contributed by atoms with van der Waals surface area (Å²) in [6, 6.07) is 12.4. The van der Waals surface area contributed by atoms with Crippen LogP contribution in [0.1, 0.15) is 11.7 Å². The monoisotopic (exact) mass is 287 g/mol. The number of nitrogens with zero attached hydrogens (tertiary/aromatic N) is 2. The molecule has 0 aliphatic carbocycles. The zero-order valence-electron chi connectivity index (χ0n) is 11.3. The molecule has 0 spiro atoms. The van der Waals surface area contributed by atoms with Crippen LogP contribution in [0.25, 0.3) is 0 Å². The molecule has 21 heavy (non-hydrogen) atoms. The fraction of sp³-hybridized carbons (Fsp3) is 0.200. The van der Waals surface area contributed by atoms with E-state index in [-0.39, 0.29) is 12.4 Å². The molecule has 0 radical (unpaired) electrons. The highest BCUT2D eigenvalue weighted by Crippen LogP contribution is 2.23. The van der Waals surface area contributed by atoms with Gasteiger partial charge in [0.2, 0.25) is 0 Å². The second-order valence-corrected chi connectivity index (χ2v) is 4.60. The number of aliphatic hydroxyl groups excluding tert-OH is 2. The van der Waals surface area contributed by atoms with Gasteiger partial charge in [0.25, 0.3) is 0 Å². The summed E-state index contributed by atoms with van der Waals surface area (Å²) in [4.78, 5) is 0. The second-order valence-electron chi connectivity index (χ2n) is 4.60. The van der Waals surface area contributed by atoms with E-state index in [0.717, 1.165) is 0 Å². The molecule has 0 heterocycles. The van der Waals surface area contributed by atoms with Gasteiger partial charge < -0.3 is 21.1 Å². The Morgan fingerprint density at radius 1 is 0.905 bits per heavy atom. The molecule has 2 rings (SSSR count). The van der Waals surface area contributed by atoms with Crippen LogP contribution in [0.5, 0.6) is 5.75 Å². The molecule has 0 fully saturated rings. The average molecular weight is 287 g/mol. The highest BCUT2D eigenvalue weighted by molar-refractivity contribution is 5.43. The third-order valence-electron chi connectivity index (χ3n) is 2.98. The number of hydrogen-bond donors (Lipinski definition) is 4. The Morgan fingerprint density at radius 3 is 1.86 bits per heavy atom. The zero-order chi connectivity index (χ0) is 15.2. The van der Waals surface area contributed by atoms with Crippen molar-refractivity contribution < 1.29 is 15.3 Å². The summed E-state index contributed by atoms with van der Waals surface area (Å²) < 4.78 is 0. The normalized spacial score (nSPS) is 14.2. The smallest absolute Gasteiger partial charge is 0.115 e. The summed E-state index contributed by atoms with van der Waals surface area (Å²) in [5.41, 5.74) is 7.43. The number of phenolic OH excluding ortho intramolecular Hbond substituents is 1. The first-order valence-electron chi connectivity index (χ1n) is 6.45.